The van der Waals surface area contributed by atoms with Crippen molar-refractivity contribution in [3.05, 3.63) is 36.5 Å². The summed E-state index contributed by atoms with van der Waals surface area (Å²) in [6.45, 7) is 19.1. The summed E-state index contributed by atoms with van der Waals surface area (Å²) < 4.78 is 20.0. The maximum absolute atomic E-state index is 13.5. The number of ether oxygens (including phenoxy) is 3. The second kappa shape index (κ2) is 20.6. The molecule has 0 aromatic rings. The van der Waals surface area contributed by atoms with Gasteiger partial charge in [-0.2, -0.15) is 0 Å². The van der Waals surface area contributed by atoms with E-state index in [-0.39, 0.29) is 35.9 Å². The van der Waals surface area contributed by atoms with Crippen LogP contribution in [0.3, 0.4) is 0 Å². The Morgan fingerprint density at radius 2 is 1.48 bits per heavy atom. The standard InChI is InChI=1S/C45H74O11/c1-12-34-17-15-13-14-16-27(4)42(51)44(11,53)43(52)32(9)40(50)31(8)39(49)30(7)38(48)26(3)18-21-37(47)54-41-29(6)35(20-19-34)55-45(33(41)10)23-22-25(2)36(56-45)24-28(5)46/h13-15,17-18,21,25-36,38,40-42,46,48,50-51,53H,12,16,19-20,22-24H2,1-11H3/b14-13-,17-15-,21-18-/t25-,26-,27+,28+,29+,30-,31-,32-,33-,34-,35-,36-,38+,40+,41+,42+,44+,45-/m1/s1. The number of hydrogen-bond donors (Lipinski definition) is 5. The van der Waals surface area contributed by atoms with Gasteiger partial charge >= 0.3 is 5.97 Å². The highest BCUT2D eigenvalue weighted by Crippen LogP contribution is 2.49. The zero-order valence-corrected chi connectivity index (χ0v) is 35.8. The highest BCUT2D eigenvalue weighted by atomic mass is 16.7. The number of hydrogen-bond acceptors (Lipinski definition) is 11. The van der Waals surface area contributed by atoms with Gasteiger partial charge < -0.3 is 39.7 Å². The number of aliphatic hydroxyl groups excluding tert-OH is 4. The van der Waals surface area contributed by atoms with Crippen molar-refractivity contribution in [3.8, 4) is 0 Å². The predicted octanol–water partition coefficient (Wildman–Crippen LogP) is 5.88. The van der Waals surface area contributed by atoms with E-state index in [4.69, 9.17) is 14.2 Å². The lowest BCUT2D eigenvalue weighted by atomic mass is 9.74. The van der Waals surface area contributed by atoms with Gasteiger partial charge in [0.25, 0.3) is 0 Å². The van der Waals surface area contributed by atoms with Gasteiger partial charge in [-0.25, -0.2) is 4.79 Å². The highest BCUT2D eigenvalue weighted by Gasteiger charge is 2.56. The molecule has 0 unspecified atom stereocenters. The monoisotopic (exact) mass is 791 g/mol. The summed E-state index contributed by atoms with van der Waals surface area (Å²) in [7, 11) is 0. The quantitative estimate of drug-likeness (QED) is 0.216. The molecule has 3 aliphatic rings. The molecule has 320 valence electrons. The first-order valence-corrected chi connectivity index (χ1v) is 21.2. The van der Waals surface area contributed by atoms with Crippen LogP contribution < -0.4 is 0 Å². The molecule has 3 aliphatic heterocycles. The van der Waals surface area contributed by atoms with Gasteiger partial charge in [-0.05, 0) is 70.1 Å². The van der Waals surface area contributed by atoms with E-state index in [1.165, 1.54) is 39.8 Å². The SMILES string of the molecule is CC[C@@H]1/C=C\C=C/C[C@H](C)[C@H](O)[C@](C)(O)C(=O)[C@H](C)[C@@H](O)[C@H](C)C(=O)[C@H](C)[C@@H](O)[C@H](C)/C=C\C(=O)O[C@H]2[C@@H](C)[C@@H](CC1)O[C@@]1(CC[C@@H](C)[C@@H](C[C@H](C)O)O1)[C@@H]2C. The van der Waals surface area contributed by atoms with Crippen LogP contribution in [0.4, 0.5) is 0 Å². The summed E-state index contributed by atoms with van der Waals surface area (Å²) >= 11 is 0. The first kappa shape index (κ1) is 48.1. The van der Waals surface area contributed by atoms with Crippen LogP contribution in [0.1, 0.15) is 121 Å². The topological polar surface area (TPSA) is 180 Å². The number of ketones is 2. The zero-order chi connectivity index (χ0) is 42.3. The van der Waals surface area contributed by atoms with Crippen LogP contribution in [0.15, 0.2) is 36.5 Å². The molecular weight excluding hydrogens is 716 g/mol. The Hall–Kier alpha value is -2.25. The fourth-order valence-electron chi connectivity index (χ4n) is 9.01. The van der Waals surface area contributed by atoms with Gasteiger partial charge in [0, 0.05) is 48.0 Å². The molecule has 3 heterocycles. The molecule has 0 aromatic carbocycles. The molecule has 5 N–H and O–H groups in total. The molecule has 1 spiro atoms. The van der Waals surface area contributed by atoms with Gasteiger partial charge in [0.15, 0.2) is 11.6 Å². The van der Waals surface area contributed by atoms with E-state index in [1.54, 1.807) is 20.8 Å². The van der Waals surface area contributed by atoms with E-state index in [0.717, 1.165) is 19.3 Å². The van der Waals surface area contributed by atoms with E-state index in [0.29, 0.717) is 25.7 Å². The number of esters is 1. The molecule has 11 heteroatoms. The summed E-state index contributed by atoms with van der Waals surface area (Å²) in [5.74, 6) is -7.28. The van der Waals surface area contributed by atoms with Gasteiger partial charge in [0.05, 0.1) is 36.6 Å². The third kappa shape index (κ3) is 11.5. The predicted molar refractivity (Wildman–Crippen MR) is 215 cm³/mol. The van der Waals surface area contributed by atoms with Gasteiger partial charge in [-0.1, -0.05) is 92.7 Å². The number of aliphatic hydroxyl groups is 5. The Bertz CT molecular complexity index is 1390. The van der Waals surface area contributed by atoms with Crippen molar-refractivity contribution in [2.24, 2.45) is 53.3 Å². The fraction of sp³-hybridized carbons (Fsp3) is 0.800. The molecule has 3 rings (SSSR count). The minimum Gasteiger partial charge on any atom is -0.458 e. The summed E-state index contributed by atoms with van der Waals surface area (Å²) in [5, 5.41) is 55.0. The largest absolute Gasteiger partial charge is 0.458 e. The molecule has 11 nitrogen and oxygen atoms in total. The molecule has 56 heavy (non-hydrogen) atoms. The number of allylic oxidation sites excluding steroid dienone is 4. The lowest BCUT2D eigenvalue weighted by Crippen LogP contribution is -2.62. The van der Waals surface area contributed by atoms with Crippen LogP contribution in [0.2, 0.25) is 0 Å². The second-order valence-electron chi connectivity index (χ2n) is 18.0. The minimum absolute atomic E-state index is 0.168. The van der Waals surface area contributed by atoms with E-state index < -0.39 is 89.0 Å². The molecule has 0 radical (unpaired) electrons. The molecule has 0 aromatic heterocycles. The molecule has 2 bridgehead atoms. The lowest BCUT2D eigenvalue weighted by molar-refractivity contribution is -0.371. The Morgan fingerprint density at radius 3 is 2.11 bits per heavy atom. The minimum atomic E-state index is -2.18. The zero-order valence-electron chi connectivity index (χ0n) is 35.8. The molecule has 0 aliphatic carbocycles. The first-order valence-electron chi connectivity index (χ1n) is 21.2. The number of Topliss-reactive ketones (excluding diaryl/α,β-unsaturated/α-hetero) is 2. The average Bonchev–Trinajstić information content (AvgIpc) is 3.16. The van der Waals surface area contributed by atoms with Crippen molar-refractivity contribution in [2.75, 3.05) is 0 Å². The van der Waals surface area contributed by atoms with Crippen molar-refractivity contribution < 1.29 is 54.1 Å². The van der Waals surface area contributed by atoms with E-state index in [1.807, 2.05) is 32.1 Å². The number of carbonyl (C=O) groups excluding carboxylic acids is 3. The van der Waals surface area contributed by atoms with Gasteiger partial charge in [-0.15, -0.1) is 0 Å². The third-order valence-electron chi connectivity index (χ3n) is 13.4. The lowest BCUT2D eigenvalue weighted by Gasteiger charge is -2.55. The molecule has 0 saturated carbocycles. The second-order valence-corrected chi connectivity index (χ2v) is 18.0. The van der Waals surface area contributed by atoms with Gasteiger partial charge in [-0.3, -0.25) is 9.59 Å². The molecular formula is C45H74O11. The Labute approximate surface area is 336 Å². The van der Waals surface area contributed by atoms with E-state index >= 15 is 0 Å². The summed E-state index contributed by atoms with van der Waals surface area (Å²) in [4.78, 5) is 40.5. The average molecular weight is 791 g/mol. The van der Waals surface area contributed by atoms with Crippen molar-refractivity contribution in [3.63, 3.8) is 0 Å². The van der Waals surface area contributed by atoms with Crippen LogP contribution in [0.25, 0.3) is 0 Å². The van der Waals surface area contributed by atoms with Gasteiger partial charge in [0.2, 0.25) is 0 Å². The molecule has 18 atom stereocenters. The summed E-state index contributed by atoms with van der Waals surface area (Å²) in [6.07, 6.45) is 9.62. The Kier molecular flexibility index (Phi) is 17.7. The summed E-state index contributed by atoms with van der Waals surface area (Å²) in [6, 6.07) is 0. The highest BCUT2D eigenvalue weighted by molar-refractivity contribution is 5.91. The third-order valence-corrected chi connectivity index (χ3v) is 13.4. The van der Waals surface area contributed by atoms with Crippen molar-refractivity contribution in [2.45, 2.75) is 175 Å². The van der Waals surface area contributed by atoms with Crippen molar-refractivity contribution >= 4 is 17.5 Å². The van der Waals surface area contributed by atoms with Crippen LogP contribution in [-0.4, -0.2) is 97.2 Å². The van der Waals surface area contributed by atoms with E-state index in [2.05, 4.69) is 19.9 Å². The van der Waals surface area contributed by atoms with Crippen LogP contribution in [0.5, 0.6) is 0 Å². The Morgan fingerprint density at radius 1 is 0.839 bits per heavy atom. The number of rotatable bonds is 3. The molecule has 0 amide bonds. The normalized spacial score (nSPS) is 46.8. The maximum Gasteiger partial charge on any atom is 0.330 e. The first-order chi connectivity index (χ1) is 26.1. The van der Waals surface area contributed by atoms with Crippen LogP contribution in [-0.2, 0) is 28.6 Å². The number of carbonyl (C=O) groups is 3. The smallest absolute Gasteiger partial charge is 0.330 e. The van der Waals surface area contributed by atoms with Crippen LogP contribution in [0, 0.1) is 53.3 Å². The van der Waals surface area contributed by atoms with Crippen molar-refractivity contribution in [1.82, 2.24) is 0 Å². The number of fused-ring (bicyclic) bond motifs is 2. The Balaban J connectivity index is 1.99. The fourth-order valence-corrected chi connectivity index (χ4v) is 9.01. The van der Waals surface area contributed by atoms with Gasteiger partial charge in [0.1, 0.15) is 17.5 Å². The van der Waals surface area contributed by atoms with Crippen molar-refractivity contribution in [1.29, 1.82) is 0 Å². The summed E-state index contributed by atoms with van der Waals surface area (Å²) in [5.41, 5.74) is -2.18. The van der Waals surface area contributed by atoms with E-state index in [9.17, 15) is 39.9 Å². The molecule has 2 fully saturated rings. The maximum atomic E-state index is 13.5. The van der Waals surface area contributed by atoms with Crippen LogP contribution >= 0.6 is 0 Å². The molecule has 2 saturated heterocycles.